The molecule has 0 radical (unpaired) electrons. The van der Waals surface area contributed by atoms with Crippen LogP contribution in [0.5, 0.6) is 0 Å². The van der Waals surface area contributed by atoms with Crippen molar-refractivity contribution in [2.45, 2.75) is 26.3 Å². The van der Waals surface area contributed by atoms with E-state index in [0.29, 0.717) is 18.4 Å². The molecule has 1 aliphatic rings. The highest BCUT2D eigenvalue weighted by Gasteiger charge is 2.36. The molecule has 1 saturated heterocycles. The van der Waals surface area contributed by atoms with Gasteiger partial charge in [-0.25, -0.2) is 18.1 Å². The van der Waals surface area contributed by atoms with Gasteiger partial charge in [-0.1, -0.05) is 13.8 Å². The van der Waals surface area contributed by atoms with Gasteiger partial charge in [-0.15, -0.1) is 0 Å². The Labute approximate surface area is 143 Å². The van der Waals surface area contributed by atoms with Crippen LogP contribution in [0.25, 0.3) is 0 Å². The molecule has 2 heterocycles. The highest BCUT2D eigenvalue weighted by molar-refractivity contribution is 7.88. The van der Waals surface area contributed by atoms with Crippen LogP contribution in [0.15, 0.2) is 18.6 Å². The molecule has 0 aromatic carbocycles. The minimum atomic E-state index is -3.27. The summed E-state index contributed by atoms with van der Waals surface area (Å²) < 4.78 is 24.4. The maximum Gasteiger partial charge on any atom is 0.221 e. The van der Waals surface area contributed by atoms with Gasteiger partial charge in [0.25, 0.3) is 0 Å². The summed E-state index contributed by atoms with van der Waals surface area (Å²) in [4.78, 5) is 22.6. The van der Waals surface area contributed by atoms with E-state index >= 15 is 0 Å². The lowest BCUT2D eigenvalue weighted by atomic mass is 9.91. The molecular weight excluding hydrogens is 330 g/mol. The zero-order valence-corrected chi connectivity index (χ0v) is 15.1. The number of rotatable bonds is 7. The summed E-state index contributed by atoms with van der Waals surface area (Å²) >= 11 is 0. The Morgan fingerprint density at radius 1 is 1.38 bits per heavy atom. The van der Waals surface area contributed by atoms with Gasteiger partial charge < -0.3 is 10.2 Å². The molecule has 1 aromatic rings. The van der Waals surface area contributed by atoms with E-state index in [1.807, 2.05) is 0 Å². The van der Waals surface area contributed by atoms with Crippen LogP contribution in [0.3, 0.4) is 0 Å². The second kappa shape index (κ2) is 7.89. The van der Waals surface area contributed by atoms with Gasteiger partial charge in [0, 0.05) is 44.4 Å². The molecule has 9 heteroatoms. The van der Waals surface area contributed by atoms with Crippen LogP contribution in [0.2, 0.25) is 0 Å². The fourth-order valence-corrected chi connectivity index (χ4v) is 3.40. The van der Waals surface area contributed by atoms with Gasteiger partial charge in [-0.3, -0.25) is 9.78 Å². The summed E-state index contributed by atoms with van der Waals surface area (Å²) in [7, 11) is -3.27. The number of hydrogen-bond donors (Lipinski definition) is 2. The van der Waals surface area contributed by atoms with Gasteiger partial charge in [0.2, 0.25) is 15.9 Å². The number of anilines is 1. The van der Waals surface area contributed by atoms with E-state index in [1.165, 1.54) is 0 Å². The molecule has 2 atom stereocenters. The van der Waals surface area contributed by atoms with Crippen LogP contribution >= 0.6 is 0 Å². The summed E-state index contributed by atoms with van der Waals surface area (Å²) in [6, 6.07) is 0.0118. The summed E-state index contributed by atoms with van der Waals surface area (Å²) in [5.41, 5.74) is 0. The van der Waals surface area contributed by atoms with Gasteiger partial charge in [0.05, 0.1) is 18.5 Å². The average Bonchev–Trinajstić information content (AvgIpc) is 2.91. The van der Waals surface area contributed by atoms with Crippen molar-refractivity contribution in [3.63, 3.8) is 0 Å². The van der Waals surface area contributed by atoms with Crippen molar-refractivity contribution in [3.05, 3.63) is 18.6 Å². The molecule has 1 fully saturated rings. The van der Waals surface area contributed by atoms with E-state index in [-0.39, 0.29) is 24.9 Å². The van der Waals surface area contributed by atoms with Crippen molar-refractivity contribution >= 4 is 21.7 Å². The van der Waals surface area contributed by atoms with Crippen LogP contribution in [0.4, 0.5) is 5.82 Å². The minimum absolute atomic E-state index is 0.0118. The van der Waals surface area contributed by atoms with Crippen molar-refractivity contribution in [1.82, 2.24) is 20.0 Å². The fourth-order valence-electron chi connectivity index (χ4n) is 2.93. The third-order valence-corrected chi connectivity index (χ3v) is 4.89. The largest absolute Gasteiger partial charge is 0.353 e. The standard InChI is InChI=1S/C15H25N5O3S/c1-11(2)12-9-20(14-8-16-6-7-17-14)10-13(12)19-15(21)4-5-18-24(3,22)23/h6-8,11-13,18H,4-5,9-10H2,1-3H3,(H,19,21)/t12-,13+/m0/s1. The number of nitrogens with one attached hydrogen (secondary N) is 2. The fraction of sp³-hybridized carbons (Fsp3) is 0.667. The summed E-state index contributed by atoms with van der Waals surface area (Å²) in [6.07, 6.45) is 6.21. The zero-order valence-electron chi connectivity index (χ0n) is 14.3. The van der Waals surface area contributed by atoms with Gasteiger partial charge in [-0.2, -0.15) is 0 Å². The van der Waals surface area contributed by atoms with E-state index in [0.717, 1.165) is 18.6 Å². The first kappa shape index (κ1) is 18.6. The molecule has 24 heavy (non-hydrogen) atoms. The van der Waals surface area contributed by atoms with Crippen molar-refractivity contribution in [2.24, 2.45) is 11.8 Å². The Morgan fingerprint density at radius 2 is 2.12 bits per heavy atom. The van der Waals surface area contributed by atoms with E-state index in [4.69, 9.17) is 0 Å². The Balaban J connectivity index is 1.93. The molecule has 2 N–H and O–H groups in total. The lowest BCUT2D eigenvalue weighted by Gasteiger charge is -2.22. The maximum absolute atomic E-state index is 12.1. The van der Waals surface area contributed by atoms with Gasteiger partial charge in [-0.05, 0) is 5.92 Å². The molecule has 2 rings (SSSR count). The number of aromatic nitrogens is 2. The Bertz CT molecular complexity index is 650. The normalized spacial score (nSPS) is 21.2. The lowest BCUT2D eigenvalue weighted by molar-refractivity contribution is -0.121. The first-order valence-electron chi connectivity index (χ1n) is 8.01. The number of carbonyl (C=O) groups excluding carboxylic acids is 1. The van der Waals surface area contributed by atoms with Gasteiger partial charge in [0.15, 0.2) is 0 Å². The van der Waals surface area contributed by atoms with Crippen LogP contribution in [-0.4, -0.2) is 56.2 Å². The van der Waals surface area contributed by atoms with E-state index in [1.54, 1.807) is 18.6 Å². The Morgan fingerprint density at radius 3 is 2.71 bits per heavy atom. The second-order valence-corrected chi connectivity index (χ2v) is 8.30. The Kier molecular flexibility index (Phi) is 6.11. The third-order valence-electron chi connectivity index (χ3n) is 4.16. The molecule has 0 aliphatic carbocycles. The van der Waals surface area contributed by atoms with Crippen molar-refractivity contribution in [3.8, 4) is 0 Å². The SMILES string of the molecule is CC(C)[C@@H]1CN(c2cnccn2)C[C@H]1NC(=O)CCNS(C)(=O)=O. The predicted octanol–water partition coefficient (Wildman–Crippen LogP) is -0.00710. The maximum atomic E-state index is 12.1. The number of nitrogens with zero attached hydrogens (tertiary/aromatic N) is 3. The Hall–Kier alpha value is -1.74. The van der Waals surface area contributed by atoms with Crippen LogP contribution in [-0.2, 0) is 14.8 Å². The van der Waals surface area contributed by atoms with E-state index in [2.05, 4.69) is 38.8 Å². The molecule has 0 bridgehead atoms. The molecule has 0 spiro atoms. The monoisotopic (exact) mass is 355 g/mol. The van der Waals surface area contributed by atoms with Crippen molar-refractivity contribution in [1.29, 1.82) is 0 Å². The number of hydrogen-bond acceptors (Lipinski definition) is 6. The zero-order chi connectivity index (χ0) is 17.7. The summed E-state index contributed by atoms with van der Waals surface area (Å²) in [5.74, 6) is 1.37. The molecule has 0 unspecified atom stereocenters. The third kappa shape index (κ3) is 5.41. The molecule has 1 aromatic heterocycles. The smallest absolute Gasteiger partial charge is 0.221 e. The number of amides is 1. The second-order valence-electron chi connectivity index (χ2n) is 6.47. The average molecular weight is 355 g/mol. The van der Waals surface area contributed by atoms with Crippen LogP contribution in [0, 0.1) is 11.8 Å². The number of carbonyl (C=O) groups is 1. The molecule has 8 nitrogen and oxygen atoms in total. The molecule has 0 saturated carbocycles. The van der Waals surface area contributed by atoms with Crippen molar-refractivity contribution in [2.75, 3.05) is 30.8 Å². The first-order chi connectivity index (χ1) is 11.3. The lowest BCUT2D eigenvalue weighted by Crippen LogP contribution is -2.43. The predicted molar refractivity (Wildman–Crippen MR) is 92.0 cm³/mol. The summed E-state index contributed by atoms with van der Waals surface area (Å²) in [5, 5.41) is 3.03. The van der Waals surface area contributed by atoms with Crippen LogP contribution in [0.1, 0.15) is 20.3 Å². The first-order valence-corrected chi connectivity index (χ1v) is 9.90. The van der Waals surface area contributed by atoms with E-state index < -0.39 is 10.0 Å². The minimum Gasteiger partial charge on any atom is -0.353 e. The quantitative estimate of drug-likeness (QED) is 0.713. The topological polar surface area (TPSA) is 104 Å². The molecule has 134 valence electrons. The molecule has 1 aliphatic heterocycles. The van der Waals surface area contributed by atoms with Crippen molar-refractivity contribution < 1.29 is 13.2 Å². The highest BCUT2D eigenvalue weighted by atomic mass is 32.2. The molecular formula is C15H25N5O3S. The summed E-state index contributed by atoms with van der Waals surface area (Å²) in [6.45, 7) is 5.86. The van der Waals surface area contributed by atoms with Crippen LogP contribution < -0.4 is 14.9 Å². The number of sulfonamides is 1. The highest BCUT2D eigenvalue weighted by Crippen LogP contribution is 2.27. The van der Waals surface area contributed by atoms with E-state index in [9.17, 15) is 13.2 Å². The molecule has 1 amide bonds. The van der Waals surface area contributed by atoms with Gasteiger partial charge in [0.1, 0.15) is 5.82 Å². The van der Waals surface area contributed by atoms with Gasteiger partial charge >= 0.3 is 0 Å².